The van der Waals surface area contributed by atoms with Gasteiger partial charge in [0.15, 0.2) is 0 Å². The van der Waals surface area contributed by atoms with Crippen molar-refractivity contribution >= 4 is 17.8 Å². The number of rotatable bonds is 5. The van der Waals surface area contributed by atoms with E-state index in [1.54, 1.807) is 4.90 Å². The van der Waals surface area contributed by atoms with Gasteiger partial charge in [-0.15, -0.1) is 0 Å². The van der Waals surface area contributed by atoms with Crippen molar-refractivity contribution in [2.24, 2.45) is 5.73 Å². The molecule has 1 heterocycles. The molecule has 8 heteroatoms. The number of carbonyl (C=O) groups excluding carboxylic acids is 3. The summed E-state index contributed by atoms with van der Waals surface area (Å²) in [6, 6.07) is 0. The molecule has 1 fully saturated rings. The number of hydrogen-bond donors (Lipinski definition) is 2. The number of nitrogens with one attached hydrogen (secondary N) is 1. The van der Waals surface area contributed by atoms with Gasteiger partial charge in [0.25, 0.3) is 0 Å². The first-order valence-electron chi connectivity index (χ1n) is 6.10. The Morgan fingerprint density at radius 3 is 2.37 bits per heavy atom. The SMILES string of the molecule is COC(=O)CN1CCN(C(=O)CNC(=O)CN)CC1. The summed E-state index contributed by atoms with van der Waals surface area (Å²) in [6.45, 7) is 2.38. The number of esters is 1. The van der Waals surface area contributed by atoms with Crippen molar-refractivity contribution in [1.29, 1.82) is 0 Å². The summed E-state index contributed by atoms with van der Waals surface area (Å²) in [4.78, 5) is 37.4. The predicted molar refractivity (Wildman–Crippen MR) is 67.1 cm³/mol. The largest absolute Gasteiger partial charge is 0.468 e. The Morgan fingerprint density at radius 2 is 1.84 bits per heavy atom. The zero-order chi connectivity index (χ0) is 14.3. The van der Waals surface area contributed by atoms with Crippen LogP contribution in [0.1, 0.15) is 0 Å². The van der Waals surface area contributed by atoms with E-state index in [1.165, 1.54) is 7.11 Å². The van der Waals surface area contributed by atoms with Gasteiger partial charge in [0.1, 0.15) is 0 Å². The molecule has 1 aliphatic heterocycles. The zero-order valence-corrected chi connectivity index (χ0v) is 11.1. The van der Waals surface area contributed by atoms with E-state index < -0.39 is 0 Å². The second kappa shape index (κ2) is 7.70. The molecule has 0 unspecified atom stereocenters. The second-order valence-corrected chi connectivity index (χ2v) is 4.21. The van der Waals surface area contributed by atoms with Gasteiger partial charge in [0.05, 0.1) is 26.7 Å². The van der Waals surface area contributed by atoms with E-state index >= 15 is 0 Å². The Balaban J connectivity index is 2.27. The van der Waals surface area contributed by atoms with E-state index in [9.17, 15) is 14.4 Å². The molecule has 8 nitrogen and oxygen atoms in total. The third-order valence-corrected chi connectivity index (χ3v) is 2.93. The number of ether oxygens (including phenoxy) is 1. The molecule has 1 aliphatic rings. The third-order valence-electron chi connectivity index (χ3n) is 2.93. The maximum absolute atomic E-state index is 11.8. The van der Waals surface area contributed by atoms with E-state index in [-0.39, 0.29) is 37.4 Å². The molecule has 19 heavy (non-hydrogen) atoms. The van der Waals surface area contributed by atoms with Crippen LogP contribution < -0.4 is 11.1 Å². The fourth-order valence-electron chi connectivity index (χ4n) is 1.76. The number of carbonyl (C=O) groups is 3. The highest BCUT2D eigenvalue weighted by Gasteiger charge is 2.22. The van der Waals surface area contributed by atoms with Gasteiger partial charge in [-0.25, -0.2) is 0 Å². The zero-order valence-electron chi connectivity index (χ0n) is 11.1. The minimum absolute atomic E-state index is 0.0347. The normalized spacial score (nSPS) is 16.0. The molecule has 0 spiro atoms. The summed E-state index contributed by atoms with van der Waals surface area (Å²) in [6.07, 6.45) is 0. The van der Waals surface area contributed by atoms with Gasteiger partial charge in [-0.05, 0) is 0 Å². The Labute approximate surface area is 111 Å². The average Bonchev–Trinajstić information content (AvgIpc) is 2.44. The maximum atomic E-state index is 11.8. The molecule has 1 saturated heterocycles. The number of piperazine rings is 1. The standard InChI is InChI=1S/C11H20N4O4/c1-19-11(18)8-14-2-4-15(5-3-14)10(17)7-13-9(16)6-12/h2-8,12H2,1H3,(H,13,16). The highest BCUT2D eigenvalue weighted by Crippen LogP contribution is 2.01. The molecule has 2 amide bonds. The first kappa shape index (κ1) is 15.4. The van der Waals surface area contributed by atoms with Crippen LogP contribution in [0.15, 0.2) is 0 Å². The number of methoxy groups -OCH3 is 1. The third kappa shape index (κ3) is 5.23. The lowest BCUT2D eigenvalue weighted by atomic mass is 10.3. The maximum Gasteiger partial charge on any atom is 0.319 e. The Kier molecular flexibility index (Phi) is 6.23. The Bertz CT molecular complexity index is 340. The first-order chi connectivity index (χ1) is 9.06. The van der Waals surface area contributed by atoms with Crippen LogP contribution in [0.5, 0.6) is 0 Å². The summed E-state index contributed by atoms with van der Waals surface area (Å²) >= 11 is 0. The van der Waals surface area contributed by atoms with Crippen LogP contribution in [0.3, 0.4) is 0 Å². The topological polar surface area (TPSA) is 105 Å². The van der Waals surface area contributed by atoms with E-state index in [0.717, 1.165) is 0 Å². The molecule has 0 atom stereocenters. The molecule has 0 bridgehead atoms. The van der Waals surface area contributed by atoms with Crippen LogP contribution in [0.2, 0.25) is 0 Å². The van der Waals surface area contributed by atoms with Gasteiger partial charge in [0, 0.05) is 26.2 Å². The van der Waals surface area contributed by atoms with Crippen LogP contribution in [0, 0.1) is 0 Å². The van der Waals surface area contributed by atoms with Gasteiger partial charge in [-0.2, -0.15) is 0 Å². The monoisotopic (exact) mass is 272 g/mol. The molecule has 0 aromatic heterocycles. The van der Waals surface area contributed by atoms with Crippen molar-refractivity contribution in [3.05, 3.63) is 0 Å². The fourth-order valence-corrected chi connectivity index (χ4v) is 1.76. The van der Waals surface area contributed by atoms with Crippen LogP contribution >= 0.6 is 0 Å². The summed E-state index contributed by atoms with van der Waals surface area (Å²) < 4.78 is 4.58. The fraction of sp³-hybridized carbons (Fsp3) is 0.727. The molecule has 3 N–H and O–H groups in total. The Hall–Kier alpha value is -1.67. The molecule has 0 aromatic rings. The molecule has 0 aromatic carbocycles. The lowest BCUT2D eigenvalue weighted by Crippen LogP contribution is -2.52. The van der Waals surface area contributed by atoms with Crippen LogP contribution in [0.25, 0.3) is 0 Å². The molecular weight excluding hydrogens is 252 g/mol. The highest BCUT2D eigenvalue weighted by atomic mass is 16.5. The van der Waals surface area contributed by atoms with E-state index in [1.807, 2.05) is 4.90 Å². The van der Waals surface area contributed by atoms with Gasteiger partial charge in [0.2, 0.25) is 11.8 Å². The van der Waals surface area contributed by atoms with Crippen LogP contribution in [-0.2, 0) is 19.1 Å². The number of nitrogens with two attached hydrogens (primary N) is 1. The first-order valence-corrected chi connectivity index (χ1v) is 6.10. The lowest BCUT2D eigenvalue weighted by molar-refractivity contribution is -0.143. The second-order valence-electron chi connectivity index (χ2n) is 4.21. The molecule has 108 valence electrons. The van der Waals surface area contributed by atoms with E-state index in [4.69, 9.17) is 5.73 Å². The van der Waals surface area contributed by atoms with E-state index in [2.05, 4.69) is 10.1 Å². The molecule has 1 rings (SSSR count). The smallest absolute Gasteiger partial charge is 0.319 e. The minimum atomic E-state index is -0.349. The van der Waals surface area contributed by atoms with Gasteiger partial charge in [-0.3, -0.25) is 19.3 Å². The van der Waals surface area contributed by atoms with Crippen molar-refractivity contribution in [3.63, 3.8) is 0 Å². The summed E-state index contributed by atoms with van der Waals surface area (Å²) in [7, 11) is 1.35. The summed E-state index contributed by atoms with van der Waals surface area (Å²) in [5.74, 6) is -0.771. The highest BCUT2D eigenvalue weighted by molar-refractivity contribution is 5.85. The molecule has 0 saturated carbocycles. The van der Waals surface area contributed by atoms with Gasteiger partial charge < -0.3 is 20.7 Å². The minimum Gasteiger partial charge on any atom is -0.468 e. The van der Waals surface area contributed by atoms with Crippen molar-refractivity contribution in [2.75, 3.05) is 52.9 Å². The van der Waals surface area contributed by atoms with Gasteiger partial charge in [-0.1, -0.05) is 0 Å². The molecule has 0 aliphatic carbocycles. The molecule has 0 radical (unpaired) electrons. The number of amides is 2. The van der Waals surface area contributed by atoms with Crippen molar-refractivity contribution in [2.45, 2.75) is 0 Å². The summed E-state index contributed by atoms with van der Waals surface area (Å²) in [5, 5.41) is 2.44. The molecular formula is C11H20N4O4. The number of hydrogen-bond acceptors (Lipinski definition) is 6. The van der Waals surface area contributed by atoms with Crippen molar-refractivity contribution in [3.8, 4) is 0 Å². The Morgan fingerprint density at radius 1 is 1.21 bits per heavy atom. The number of nitrogens with zero attached hydrogens (tertiary/aromatic N) is 2. The van der Waals surface area contributed by atoms with Crippen LogP contribution in [0.4, 0.5) is 0 Å². The lowest BCUT2D eigenvalue weighted by Gasteiger charge is -2.34. The van der Waals surface area contributed by atoms with Crippen molar-refractivity contribution in [1.82, 2.24) is 15.1 Å². The average molecular weight is 272 g/mol. The van der Waals surface area contributed by atoms with Gasteiger partial charge >= 0.3 is 5.97 Å². The van der Waals surface area contributed by atoms with E-state index in [0.29, 0.717) is 26.2 Å². The summed E-state index contributed by atoms with van der Waals surface area (Å²) in [5.41, 5.74) is 5.13. The predicted octanol–water partition coefficient (Wildman–Crippen LogP) is -2.62. The van der Waals surface area contributed by atoms with Crippen LogP contribution in [-0.4, -0.2) is 80.5 Å². The quantitative estimate of drug-likeness (QED) is 0.531. The van der Waals surface area contributed by atoms with Crippen molar-refractivity contribution < 1.29 is 19.1 Å².